The number of benzene rings is 2. The third-order valence-electron chi connectivity index (χ3n) is 3.67. The molecular formula is C18H15FN4O3. The van der Waals surface area contributed by atoms with E-state index in [9.17, 15) is 18.8 Å². The van der Waals surface area contributed by atoms with Crippen molar-refractivity contribution in [2.24, 2.45) is 0 Å². The molecule has 3 aromatic rings. The zero-order valence-corrected chi connectivity index (χ0v) is 13.6. The smallest absolute Gasteiger partial charge is 0.260 e. The van der Waals surface area contributed by atoms with Gasteiger partial charge in [-0.05, 0) is 29.8 Å². The lowest BCUT2D eigenvalue weighted by Crippen LogP contribution is -2.44. The summed E-state index contributed by atoms with van der Waals surface area (Å²) in [5.41, 5.74) is 5.49. The van der Waals surface area contributed by atoms with Crippen LogP contribution in [0.25, 0.3) is 10.9 Å². The largest absolute Gasteiger partial charge is 0.287 e. The van der Waals surface area contributed by atoms with Crippen molar-refractivity contribution in [1.82, 2.24) is 20.6 Å². The summed E-state index contributed by atoms with van der Waals surface area (Å²) in [6.45, 7) is -0.169. The number of halogens is 1. The van der Waals surface area contributed by atoms with Crippen LogP contribution in [0.3, 0.4) is 0 Å². The molecule has 3 rings (SSSR count). The molecule has 132 valence electrons. The van der Waals surface area contributed by atoms with Crippen LogP contribution >= 0.6 is 0 Å². The van der Waals surface area contributed by atoms with E-state index in [1.165, 1.54) is 28.9 Å². The maximum absolute atomic E-state index is 12.8. The molecule has 0 saturated carbocycles. The third-order valence-corrected chi connectivity index (χ3v) is 3.67. The number of hydrogen-bond donors (Lipinski definition) is 2. The summed E-state index contributed by atoms with van der Waals surface area (Å²) in [6, 6.07) is 12.3. The first-order chi connectivity index (χ1) is 12.5. The van der Waals surface area contributed by atoms with Crippen LogP contribution in [0.15, 0.2) is 59.5 Å². The molecule has 0 saturated heterocycles. The van der Waals surface area contributed by atoms with Gasteiger partial charge in [-0.25, -0.2) is 4.39 Å². The number of fused-ring (bicyclic) bond motifs is 1. The van der Waals surface area contributed by atoms with Gasteiger partial charge in [-0.1, -0.05) is 24.3 Å². The zero-order valence-electron chi connectivity index (χ0n) is 13.6. The van der Waals surface area contributed by atoms with Gasteiger partial charge in [-0.15, -0.1) is 0 Å². The maximum atomic E-state index is 12.8. The minimum atomic E-state index is -0.501. The number of nitrogens with zero attached hydrogens (tertiary/aromatic N) is 2. The van der Waals surface area contributed by atoms with Gasteiger partial charge in [0.2, 0.25) is 11.3 Å². The summed E-state index contributed by atoms with van der Waals surface area (Å²) in [4.78, 5) is 35.6. The first-order valence-corrected chi connectivity index (χ1v) is 7.80. The molecule has 0 radical (unpaired) electrons. The number of amides is 2. The van der Waals surface area contributed by atoms with Crippen LogP contribution in [0.5, 0.6) is 0 Å². The molecule has 7 nitrogen and oxygen atoms in total. The monoisotopic (exact) mass is 354 g/mol. The van der Waals surface area contributed by atoms with E-state index >= 15 is 0 Å². The second-order valence-corrected chi connectivity index (χ2v) is 5.58. The van der Waals surface area contributed by atoms with Crippen molar-refractivity contribution >= 4 is 22.7 Å². The second-order valence-electron chi connectivity index (χ2n) is 5.58. The van der Waals surface area contributed by atoms with Gasteiger partial charge in [-0.3, -0.25) is 29.9 Å². The number of para-hydroxylation sites is 1. The molecule has 26 heavy (non-hydrogen) atoms. The molecule has 0 spiro atoms. The van der Waals surface area contributed by atoms with Gasteiger partial charge < -0.3 is 0 Å². The van der Waals surface area contributed by atoms with Crippen molar-refractivity contribution in [1.29, 1.82) is 0 Å². The van der Waals surface area contributed by atoms with E-state index in [-0.39, 0.29) is 24.2 Å². The quantitative estimate of drug-likeness (QED) is 0.682. The number of carbonyl (C=O) groups is 2. The SMILES string of the molecule is O=C(Cc1ccc(F)cc1)NNC(=O)Cn1ncc(=O)c2ccccc21. The van der Waals surface area contributed by atoms with Crippen LogP contribution in [0.2, 0.25) is 0 Å². The predicted octanol–water partition coefficient (Wildman–Crippen LogP) is 0.926. The van der Waals surface area contributed by atoms with E-state index in [1.807, 2.05) is 0 Å². The highest BCUT2D eigenvalue weighted by atomic mass is 19.1. The summed E-state index contributed by atoms with van der Waals surface area (Å²) in [5.74, 6) is -1.33. The van der Waals surface area contributed by atoms with Crippen LogP contribution in [0.4, 0.5) is 4.39 Å². The maximum Gasteiger partial charge on any atom is 0.260 e. The van der Waals surface area contributed by atoms with Crippen LogP contribution < -0.4 is 16.3 Å². The molecule has 0 unspecified atom stereocenters. The molecular weight excluding hydrogens is 339 g/mol. The van der Waals surface area contributed by atoms with Gasteiger partial charge in [0.1, 0.15) is 12.4 Å². The Morgan fingerprint density at radius 1 is 1.00 bits per heavy atom. The third kappa shape index (κ3) is 4.10. The summed E-state index contributed by atoms with van der Waals surface area (Å²) in [6.07, 6.45) is 1.14. The zero-order chi connectivity index (χ0) is 18.5. The van der Waals surface area contributed by atoms with Gasteiger partial charge in [-0.2, -0.15) is 5.10 Å². The topological polar surface area (TPSA) is 93.1 Å². The van der Waals surface area contributed by atoms with Crippen LogP contribution in [0.1, 0.15) is 5.56 Å². The Morgan fingerprint density at radius 2 is 1.69 bits per heavy atom. The van der Waals surface area contributed by atoms with E-state index in [0.29, 0.717) is 16.5 Å². The van der Waals surface area contributed by atoms with Gasteiger partial charge in [0, 0.05) is 5.39 Å². The Morgan fingerprint density at radius 3 is 2.46 bits per heavy atom. The molecule has 0 fully saturated rings. The predicted molar refractivity (Wildman–Crippen MR) is 92.4 cm³/mol. The first-order valence-electron chi connectivity index (χ1n) is 7.80. The number of carbonyl (C=O) groups excluding carboxylic acids is 2. The second kappa shape index (κ2) is 7.56. The van der Waals surface area contributed by atoms with E-state index < -0.39 is 11.8 Å². The van der Waals surface area contributed by atoms with E-state index in [4.69, 9.17) is 0 Å². The van der Waals surface area contributed by atoms with Crippen molar-refractivity contribution in [3.05, 3.63) is 76.3 Å². The molecule has 2 N–H and O–H groups in total. The molecule has 0 aliphatic rings. The highest BCUT2D eigenvalue weighted by Gasteiger charge is 2.09. The van der Waals surface area contributed by atoms with Crippen LogP contribution in [-0.2, 0) is 22.6 Å². The number of rotatable bonds is 4. The van der Waals surface area contributed by atoms with Gasteiger partial charge in [0.15, 0.2) is 0 Å². The molecule has 1 aromatic heterocycles. The summed E-state index contributed by atoms with van der Waals surface area (Å²) >= 11 is 0. The average molecular weight is 354 g/mol. The molecule has 0 aliphatic carbocycles. The van der Waals surface area contributed by atoms with Gasteiger partial charge in [0.25, 0.3) is 5.91 Å². The number of hydrogen-bond acceptors (Lipinski definition) is 4. The number of nitrogens with one attached hydrogen (secondary N) is 2. The highest BCUT2D eigenvalue weighted by molar-refractivity contribution is 5.84. The van der Waals surface area contributed by atoms with Crippen LogP contribution in [0, 0.1) is 5.82 Å². The van der Waals surface area contributed by atoms with E-state index in [0.717, 1.165) is 6.20 Å². The van der Waals surface area contributed by atoms with Crippen molar-refractivity contribution in [3.63, 3.8) is 0 Å². The number of hydrazine groups is 1. The number of aromatic nitrogens is 2. The molecule has 0 aliphatic heterocycles. The van der Waals surface area contributed by atoms with E-state index in [2.05, 4.69) is 16.0 Å². The average Bonchev–Trinajstić information content (AvgIpc) is 2.64. The summed E-state index contributed by atoms with van der Waals surface area (Å²) in [7, 11) is 0. The fraction of sp³-hybridized carbons (Fsp3) is 0.111. The van der Waals surface area contributed by atoms with E-state index in [1.54, 1.807) is 24.3 Å². The summed E-state index contributed by atoms with van der Waals surface area (Å²) in [5, 5.41) is 4.40. The normalized spacial score (nSPS) is 10.5. The minimum Gasteiger partial charge on any atom is -0.287 e. The Balaban J connectivity index is 1.59. The molecule has 8 heteroatoms. The molecule has 0 atom stereocenters. The fourth-order valence-electron chi connectivity index (χ4n) is 2.43. The Labute approximate surface area is 147 Å². The van der Waals surface area contributed by atoms with Gasteiger partial charge >= 0.3 is 0 Å². The van der Waals surface area contributed by atoms with Crippen molar-refractivity contribution in [3.8, 4) is 0 Å². The molecule has 0 bridgehead atoms. The van der Waals surface area contributed by atoms with Crippen molar-refractivity contribution in [2.75, 3.05) is 0 Å². The Hall–Kier alpha value is -3.55. The fourth-order valence-corrected chi connectivity index (χ4v) is 2.43. The molecule has 1 heterocycles. The standard InChI is InChI=1S/C18H15FN4O3/c19-13-7-5-12(6-8-13)9-17(25)21-22-18(26)11-23-15-4-2-1-3-14(15)16(24)10-20-23/h1-8,10H,9,11H2,(H,21,25)(H,22,26). The summed E-state index contributed by atoms with van der Waals surface area (Å²) < 4.78 is 14.2. The Kier molecular flexibility index (Phi) is 5.02. The van der Waals surface area contributed by atoms with Gasteiger partial charge in [0.05, 0.1) is 18.1 Å². The van der Waals surface area contributed by atoms with Crippen LogP contribution in [-0.4, -0.2) is 21.6 Å². The lowest BCUT2D eigenvalue weighted by Gasteiger charge is -2.10. The molecule has 2 amide bonds. The lowest BCUT2D eigenvalue weighted by molar-refractivity contribution is -0.129. The molecule has 2 aromatic carbocycles. The lowest BCUT2D eigenvalue weighted by atomic mass is 10.1. The minimum absolute atomic E-state index is 0.000236. The Bertz CT molecular complexity index is 1010. The first kappa shape index (κ1) is 17.3. The van der Waals surface area contributed by atoms with Crippen molar-refractivity contribution < 1.29 is 14.0 Å². The van der Waals surface area contributed by atoms with Crippen molar-refractivity contribution in [2.45, 2.75) is 13.0 Å². The highest BCUT2D eigenvalue weighted by Crippen LogP contribution is 2.07.